The maximum Gasteiger partial charge on any atom is 0.416 e. The maximum absolute atomic E-state index is 14.0. The highest BCUT2D eigenvalue weighted by molar-refractivity contribution is 6.05. The Morgan fingerprint density at radius 1 is 1.02 bits per heavy atom. The minimum absolute atomic E-state index is 0.112. The van der Waals surface area contributed by atoms with Gasteiger partial charge in [-0.3, -0.25) is 9.69 Å². The number of aromatic nitrogens is 2. The van der Waals surface area contributed by atoms with Gasteiger partial charge in [0, 0.05) is 80.7 Å². The second kappa shape index (κ2) is 11.6. The zero-order valence-corrected chi connectivity index (χ0v) is 22.3. The number of carbonyl (C=O) groups excluding carboxylic acids is 1. The van der Waals surface area contributed by atoms with Crippen LogP contribution in [0, 0.1) is 0 Å². The third kappa shape index (κ3) is 6.43. The Balaban J connectivity index is 1.30. The molecule has 210 valence electrons. The summed E-state index contributed by atoms with van der Waals surface area (Å²) in [5, 5.41) is 2.67. The van der Waals surface area contributed by atoms with Crippen LogP contribution in [0.25, 0.3) is 6.08 Å². The lowest BCUT2D eigenvalue weighted by Gasteiger charge is -2.33. The van der Waals surface area contributed by atoms with E-state index in [-0.39, 0.29) is 17.8 Å². The zero-order chi connectivity index (χ0) is 28.3. The minimum Gasteiger partial charge on any atom is -0.404 e. The number of nitrogens with one attached hydrogen (secondary N) is 1. The molecule has 5 rings (SSSR count). The second-order valence-electron chi connectivity index (χ2n) is 10.2. The normalized spacial score (nSPS) is 16.4. The molecule has 0 radical (unpaired) electrons. The molecule has 1 saturated heterocycles. The third-order valence-electron chi connectivity index (χ3n) is 7.35. The molecule has 2 aromatic carbocycles. The van der Waals surface area contributed by atoms with Crippen molar-refractivity contribution in [1.29, 1.82) is 0 Å². The maximum atomic E-state index is 14.0. The molecule has 8 nitrogen and oxygen atoms in total. The highest BCUT2D eigenvalue weighted by Crippen LogP contribution is 2.35. The number of hydrogen-bond acceptors (Lipinski definition) is 7. The van der Waals surface area contributed by atoms with Crippen LogP contribution in [0.2, 0.25) is 0 Å². The summed E-state index contributed by atoms with van der Waals surface area (Å²) in [5.41, 5.74) is 8.29. The number of nitrogens with two attached hydrogens (primary N) is 1. The number of nitrogens with zero attached hydrogens (tertiary/aromatic N) is 5. The van der Waals surface area contributed by atoms with Crippen molar-refractivity contribution in [3.63, 3.8) is 0 Å². The van der Waals surface area contributed by atoms with Crippen molar-refractivity contribution in [3.8, 4) is 0 Å². The van der Waals surface area contributed by atoms with Gasteiger partial charge in [-0.05, 0) is 61.1 Å². The fraction of sp³-hybridized carbons (Fsp3) is 0.345. The lowest BCUT2D eigenvalue weighted by Crippen LogP contribution is -2.44. The number of piperazine rings is 1. The van der Waals surface area contributed by atoms with E-state index in [2.05, 4.69) is 25.1 Å². The molecule has 0 unspecified atom stereocenters. The van der Waals surface area contributed by atoms with E-state index >= 15 is 0 Å². The average molecular weight is 552 g/mol. The fourth-order valence-corrected chi connectivity index (χ4v) is 5.10. The van der Waals surface area contributed by atoms with Crippen molar-refractivity contribution in [2.45, 2.75) is 25.7 Å². The number of fused-ring (bicyclic) bond motifs is 1. The van der Waals surface area contributed by atoms with E-state index in [0.29, 0.717) is 31.0 Å². The van der Waals surface area contributed by atoms with Gasteiger partial charge in [-0.1, -0.05) is 12.1 Å². The number of likely N-dealkylation sites (N-methyl/N-ethyl adjacent to an activating group) is 1. The summed E-state index contributed by atoms with van der Waals surface area (Å²) in [4.78, 5) is 28.0. The Hall–Kier alpha value is -3.96. The smallest absolute Gasteiger partial charge is 0.404 e. The van der Waals surface area contributed by atoms with Gasteiger partial charge >= 0.3 is 6.18 Å². The predicted molar refractivity (Wildman–Crippen MR) is 149 cm³/mol. The van der Waals surface area contributed by atoms with E-state index < -0.39 is 17.6 Å². The van der Waals surface area contributed by atoms with Gasteiger partial charge in [0.15, 0.2) is 5.82 Å². The molecule has 0 bridgehead atoms. The molecule has 3 aromatic rings. The predicted octanol–water partition coefficient (Wildman–Crippen LogP) is 3.99. The summed E-state index contributed by atoms with van der Waals surface area (Å²) >= 11 is 0. The molecule has 3 heterocycles. The Kier molecular flexibility index (Phi) is 8.04. The first-order valence-electron chi connectivity index (χ1n) is 13.2. The Morgan fingerprint density at radius 3 is 2.48 bits per heavy atom. The Labute approximate surface area is 231 Å². The minimum atomic E-state index is -4.53. The van der Waals surface area contributed by atoms with Crippen molar-refractivity contribution in [2.75, 3.05) is 50.0 Å². The van der Waals surface area contributed by atoms with E-state index in [0.717, 1.165) is 48.9 Å². The van der Waals surface area contributed by atoms with Gasteiger partial charge in [0.2, 0.25) is 0 Å². The molecule has 3 N–H and O–H groups in total. The van der Waals surface area contributed by atoms with E-state index in [9.17, 15) is 18.0 Å². The number of carbonyl (C=O) groups is 1. The van der Waals surface area contributed by atoms with Crippen LogP contribution in [0.4, 0.5) is 24.5 Å². The van der Waals surface area contributed by atoms with Gasteiger partial charge in [0.05, 0.1) is 5.56 Å². The average Bonchev–Trinajstić information content (AvgIpc) is 3.33. The van der Waals surface area contributed by atoms with Crippen molar-refractivity contribution < 1.29 is 18.0 Å². The molecule has 0 spiro atoms. The van der Waals surface area contributed by atoms with Crippen LogP contribution in [-0.4, -0.2) is 65.4 Å². The highest BCUT2D eigenvalue weighted by atomic mass is 19.4. The molecule has 0 atom stereocenters. The van der Waals surface area contributed by atoms with Crippen molar-refractivity contribution in [3.05, 3.63) is 88.6 Å². The monoisotopic (exact) mass is 551 g/mol. The molecule has 40 heavy (non-hydrogen) atoms. The van der Waals surface area contributed by atoms with Crippen LogP contribution in [-0.2, 0) is 25.7 Å². The van der Waals surface area contributed by atoms with Gasteiger partial charge in [0.25, 0.3) is 5.91 Å². The number of benzene rings is 2. The van der Waals surface area contributed by atoms with Crippen LogP contribution in [0.15, 0.2) is 55.0 Å². The van der Waals surface area contributed by atoms with Crippen LogP contribution < -0.4 is 16.0 Å². The Bertz CT molecular complexity index is 1380. The number of halogens is 3. The molecule has 11 heteroatoms. The molecule has 2 aliphatic heterocycles. The molecule has 0 saturated carbocycles. The summed E-state index contributed by atoms with van der Waals surface area (Å²) < 4.78 is 41.9. The summed E-state index contributed by atoms with van der Waals surface area (Å²) in [6, 6.07) is 9.44. The number of amides is 1. The first kappa shape index (κ1) is 27.6. The first-order valence-corrected chi connectivity index (χ1v) is 13.2. The van der Waals surface area contributed by atoms with Gasteiger partial charge in [-0.25, -0.2) is 9.97 Å². The molecular weight excluding hydrogens is 519 g/mol. The van der Waals surface area contributed by atoms with E-state index in [1.165, 1.54) is 12.3 Å². The second-order valence-corrected chi connectivity index (χ2v) is 10.2. The SMILES string of the molecule is CN1CCN(Cc2ccc(NC(=O)c3ccc4c(c3)N(Cc3cnc(C=CN)nc3)CC4)cc2C(F)(F)F)CC1. The standard InChI is InChI=1S/C29H32F3N7O/c1-37-10-12-38(13-11-37)19-23-4-5-24(15-25(23)29(30,31)32)36-28(40)22-3-2-21-7-9-39(26(21)14-22)18-20-16-34-27(6-8-33)35-17-20/h2-6,8,14-17H,7,9-13,18-19,33H2,1H3,(H,36,40). The molecule has 2 aliphatic rings. The zero-order valence-electron chi connectivity index (χ0n) is 22.3. The van der Waals surface area contributed by atoms with Crippen molar-refractivity contribution >= 4 is 23.4 Å². The van der Waals surface area contributed by atoms with Gasteiger partial charge < -0.3 is 20.9 Å². The Morgan fingerprint density at radius 2 is 1.77 bits per heavy atom. The van der Waals surface area contributed by atoms with Crippen LogP contribution >= 0.6 is 0 Å². The van der Waals surface area contributed by atoms with E-state index in [1.807, 2.05) is 18.0 Å². The number of anilines is 2. The quantitative estimate of drug-likeness (QED) is 0.459. The summed E-state index contributed by atoms with van der Waals surface area (Å²) in [7, 11) is 2.00. The molecular formula is C29H32F3N7O. The molecule has 1 fully saturated rings. The van der Waals surface area contributed by atoms with Gasteiger partial charge in [0.1, 0.15) is 0 Å². The van der Waals surface area contributed by atoms with Crippen molar-refractivity contribution in [1.82, 2.24) is 19.8 Å². The number of alkyl halides is 3. The van der Waals surface area contributed by atoms with Crippen LogP contribution in [0.3, 0.4) is 0 Å². The topological polar surface area (TPSA) is 90.6 Å². The molecule has 1 amide bonds. The first-order chi connectivity index (χ1) is 19.2. The van der Waals surface area contributed by atoms with Crippen molar-refractivity contribution in [2.24, 2.45) is 5.73 Å². The van der Waals surface area contributed by atoms with Gasteiger partial charge in [-0.2, -0.15) is 13.2 Å². The lowest BCUT2D eigenvalue weighted by molar-refractivity contribution is -0.138. The van der Waals surface area contributed by atoms with E-state index in [4.69, 9.17) is 5.73 Å². The van der Waals surface area contributed by atoms with E-state index in [1.54, 1.807) is 36.7 Å². The van der Waals surface area contributed by atoms with Crippen LogP contribution in [0.5, 0.6) is 0 Å². The summed E-state index contributed by atoms with van der Waals surface area (Å²) in [5.74, 6) is 0.0592. The number of rotatable bonds is 7. The lowest BCUT2D eigenvalue weighted by atomic mass is 10.0. The fourth-order valence-electron chi connectivity index (χ4n) is 5.10. The van der Waals surface area contributed by atoms with Crippen LogP contribution in [0.1, 0.15) is 38.4 Å². The molecule has 1 aromatic heterocycles. The largest absolute Gasteiger partial charge is 0.416 e. The van der Waals surface area contributed by atoms with Gasteiger partial charge in [-0.15, -0.1) is 0 Å². The number of hydrogen-bond donors (Lipinski definition) is 2. The summed E-state index contributed by atoms with van der Waals surface area (Å²) in [6.45, 7) is 4.62. The third-order valence-corrected chi connectivity index (χ3v) is 7.35. The summed E-state index contributed by atoms with van der Waals surface area (Å²) in [6.07, 6.45) is 2.77. The molecule has 0 aliphatic carbocycles. The highest BCUT2D eigenvalue weighted by Gasteiger charge is 2.34.